The van der Waals surface area contributed by atoms with Crippen LogP contribution in [0.3, 0.4) is 0 Å². The fraction of sp³-hybridized carbons (Fsp3) is 0.357. The largest absolute Gasteiger partial charge is 0.331 e. The zero-order chi connectivity index (χ0) is 11.0. The summed E-state index contributed by atoms with van der Waals surface area (Å²) in [7, 11) is 0. The third-order valence-corrected chi connectivity index (χ3v) is 3.55. The van der Waals surface area contributed by atoms with Crippen molar-refractivity contribution in [3.63, 3.8) is 0 Å². The number of amides is 1. The molecule has 1 fully saturated rings. The van der Waals surface area contributed by atoms with Crippen molar-refractivity contribution in [1.82, 2.24) is 4.90 Å². The molecule has 2 heteroatoms. The molecule has 0 aromatic heterocycles. The number of carbonyl (C=O) groups is 1. The Labute approximate surface area is 95.6 Å². The Morgan fingerprint density at radius 2 is 2.06 bits per heavy atom. The number of β-lactam (4-membered cyclic amide) rings is 1. The van der Waals surface area contributed by atoms with Gasteiger partial charge in [-0.2, -0.15) is 0 Å². The Morgan fingerprint density at radius 3 is 2.88 bits per heavy atom. The van der Waals surface area contributed by atoms with Crippen LogP contribution in [0.2, 0.25) is 0 Å². The fourth-order valence-electron chi connectivity index (χ4n) is 2.65. The van der Waals surface area contributed by atoms with Crippen LogP contribution in [0.1, 0.15) is 18.4 Å². The standard InChI is InChI=1S/C14H15NO/c16-14-12-8-4-5-9-13(12)15(14)10-11-6-2-1-3-7-11/h1-3,5-7,9,12-13H,4,8,10H2. The van der Waals surface area contributed by atoms with E-state index < -0.39 is 0 Å². The highest BCUT2D eigenvalue weighted by atomic mass is 16.2. The molecule has 1 saturated heterocycles. The quantitative estimate of drug-likeness (QED) is 0.545. The zero-order valence-electron chi connectivity index (χ0n) is 9.17. The van der Waals surface area contributed by atoms with Crippen LogP contribution in [-0.4, -0.2) is 16.8 Å². The first-order valence-electron chi connectivity index (χ1n) is 5.87. The molecule has 82 valence electrons. The van der Waals surface area contributed by atoms with E-state index in [2.05, 4.69) is 24.3 Å². The van der Waals surface area contributed by atoms with Gasteiger partial charge in [0.2, 0.25) is 5.91 Å². The number of rotatable bonds is 2. The number of nitrogens with zero attached hydrogens (tertiary/aromatic N) is 1. The predicted octanol–water partition coefficient (Wildman–Crippen LogP) is 2.36. The minimum Gasteiger partial charge on any atom is -0.331 e. The summed E-state index contributed by atoms with van der Waals surface area (Å²) < 4.78 is 0. The van der Waals surface area contributed by atoms with E-state index in [-0.39, 0.29) is 5.92 Å². The van der Waals surface area contributed by atoms with Gasteiger partial charge in [0, 0.05) is 6.54 Å². The van der Waals surface area contributed by atoms with E-state index in [1.807, 2.05) is 23.1 Å². The van der Waals surface area contributed by atoms with Crippen LogP contribution in [0.15, 0.2) is 42.5 Å². The lowest BCUT2D eigenvalue weighted by Gasteiger charge is -2.47. The molecule has 1 aliphatic carbocycles. The molecule has 3 rings (SSSR count). The van der Waals surface area contributed by atoms with Gasteiger partial charge in [0.05, 0.1) is 12.0 Å². The van der Waals surface area contributed by atoms with Crippen LogP contribution in [0.4, 0.5) is 0 Å². The van der Waals surface area contributed by atoms with Crippen molar-refractivity contribution in [2.75, 3.05) is 0 Å². The third-order valence-electron chi connectivity index (χ3n) is 3.55. The van der Waals surface area contributed by atoms with E-state index >= 15 is 0 Å². The van der Waals surface area contributed by atoms with Gasteiger partial charge in [0.1, 0.15) is 0 Å². The van der Waals surface area contributed by atoms with E-state index in [1.165, 1.54) is 5.56 Å². The first kappa shape index (κ1) is 9.64. The molecule has 0 bridgehead atoms. The summed E-state index contributed by atoms with van der Waals surface area (Å²) in [6.07, 6.45) is 6.49. The van der Waals surface area contributed by atoms with Gasteiger partial charge >= 0.3 is 0 Å². The Kier molecular flexibility index (Phi) is 2.28. The molecule has 1 aliphatic heterocycles. The highest BCUT2D eigenvalue weighted by Gasteiger charge is 2.45. The monoisotopic (exact) mass is 213 g/mol. The van der Waals surface area contributed by atoms with E-state index in [4.69, 9.17) is 0 Å². The van der Waals surface area contributed by atoms with Crippen LogP contribution < -0.4 is 0 Å². The summed E-state index contributed by atoms with van der Waals surface area (Å²) in [5.41, 5.74) is 1.22. The maximum absolute atomic E-state index is 11.9. The van der Waals surface area contributed by atoms with Gasteiger partial charge < -0.3 is 4.90 Å². The van der Waals surface area contributed by atoms with Gasteiger partial charge in [0.15, 0.2) is 0 Å². The van der Waals surface area contributed by atoms with Crippen LogP contribution in [0, 0.1) is 5.92 Å². The molecule has 2 aliphatic rings. The average Bonchev–Trinajstić information content (AvgIpc) is 2.37. The predicted molar refractivity (Wildman–Crippen MR) is 62.6 cm³/mol. The summed E-state index contributed by atoms with van der Waals surface area (Å²) in [6, 6.07) is 10.6. The molecule has 1 aromatic carbocycles. The van der Waals surface area contributed by atoms with Crippen molar-refractivity contribution in [1.29, 1.82) is 0 Å². The van der Waals surface area contributed by atoms with E-state index in [0.717, 1.165) is 19.4 Å². The maximum Gasteiger partial charge on any atom is 0.228 e. The summed E-state index contributed by atoms with van der Waals surface area (Å²) in [5, 5.41) is 0. The van der Waals surface area contributed by atoms with Crippen LogP contribution in [-0.2, 0) is 11.3 Å². The highest BCUT2D eigenvalue weighted by Crippen LogP contribution is 2.35. The normalized spacial score (nSPS) is 27.5. The Hall–Kier alpha value is -1.57. The molecule has 16 heavy (non-hydrogen) atoms. The molecule has 2 unspecified atom stereocenters. The lowest BCUT2D eigenvalue weighted by atomic mass is 9.80. The van der Waals surface area contributed by atoms with Gasteiger partial charge in [-0.1, -0.05) is 42.5 Å². The molecule has 0 radical (unpaired) electrons. The molecule has 0 saturated carbocycles. The first-order valence-corrected chi connectivity index (χ1v) is 5.87. The van der Waals surface area contributed by atoms with E-state index in [9.17, 15) is 4.79 Å². The smallest absolute Gasteiger partial charge is 0.228 e. The van der Waals surface area contributed by atoms with Gasteiger partial charge in [0.25, 0.3) is 0 Å². The number of hydrogen-bond acceptors (Lipinski definition) is 1. The molecule has 2 atom stereocenters. The fourth-order valence-corrected chi connectivity index (χ4v) is 2.65. The summed E-state index contributed by atoms with van der Waals surface area (Å²) in [6.45, 7) is 0.755. The molecule has 1 aromatic rings. The minimum atomic E-state index is 0.272. The molecule has 1 heterocycles. The Morgan fingerprint density at radius 1 is 1.25 bits per heavy atom. The van der Waals surface area contributed by atoms with Gasteiger partial charge in [-0.05, 0) is 18.4 Å². The van der Waals surface area contributed by atoms with Gasteiger partial charge in [-0.15, -0.1) is 0 Å². The van der Waals surface area contributed by atoms with E-state index in [0.29, 0.717) is 11.9 Å². The van der Waals surface area contributed by atoms with Crippen molar-refractivity contribution in [2.24, 2.45) is 5.92 Å². The lowest BCUT2D eigenvalue weighted by Crippen LogP contribution is -2.59. The van der Waals surface area contributed by atoms with Gasteiger partial charge in [-0.3, -0.25) is 4.79 Å². The third kappa shape index (κ3) is 1.45. The van der Waals surface area contributed by atoms with Crippen molar-refractivity contribution in [2.45, 2.75) is 25.4 Å². The molecular formula is C14H15NO. The molecule has 0 spiro atoms. The minimum absolute atomic E-state index is 0.272. The number of likely N-dealkylation sites (tertiary alicyclic amines) is 1. The number of benzene rings is 1. The van der Waals surface area contributed by atoms with Crippen LogP contribution in [0.5, 0.6) is 0 Å². The van der Waals surface area contributed by atoms with Crippen molar-refractivity contribution in [3.05, 3.63) is 48.0 Å². The summed E-state index contributed by atoms with van der Waals surface area (Å²) >= 11 is 0. The lowest BCUT2D eigenvalue weighted by molar-refractivity contribution is -0.154. The van der Waals surface area contributed by atoms with Crippen molar-refractivity contribution >= 4 is 5.91 Å². The molecular weight excluding hydrogens is 198 g/mol. The summed E-state index contributed by atoms with van der Waals surface area (Å²) in [4.78, 5) is 13.9. The Balaban J connectivity index is 1.75. The zero-order valence-corrected chi connectivity index (χ0v) is 9.17. The maximum atomic E-state index is 11.9. The van der Waals surface area contributed by atoms with Crippen LogP contribution >= 0.6 is 0 Å². The number of allylic oxidation sites excluding steroid dienone is 1. The van der Waals surface area contributed by atoms with Gasteiger partial charge in [-0.25, -0.2) is 0 Å². The number of carbonyl (C=O) groups excluding carboxylic acids is 1. The molecule has 1 amide bonds. The Bertz CT molecular complexity index is 424. The second-order valence-corrected chi connectivity index (χ2v) is 4.55. The van der Waals surface area contributed by atoms with Crippen LogP contribution in [0.25, 0.3) is 0 Å². The van der Waals surface area contributed by atoms with E-state index in [1.54, 1.807) is 0 Å². The van der Waals surface area contributed by atoms with Crippen molar-refractivity contribution in [3.8, 4) is 0 Å². The second-order valence-electron chi connectivity index (χ2n) is 4.55. The average molecular weight is 213 g/mol. The number of hydrogen-bond donors (Lipinski definition) is 0. The molecule has 0 N–H and O–H groups in total. The van der Waals surface area contributed by atoms with Crippen molar-refractivity contribution < 1.29 is 4.79 Å². The first-order chi connectivity index (χ1) is 7.86. The SMILES string of the molecule is O=C1C2CCC=CC2N1Cc1ccccc1. The highest BCUT2D eigenvalue weighted by molar-refractivity contribution is 5.87. The summed E-state index contributed by atoms with van der Waals surface area (Å²) in [5.74, 6) is 0.604. The second kappa shape index (κ2) is 3.78. The number of fused-ring (bicyclic) bond motifs is 1. The topological polar surface area (TPSA) is 20.3 Å². The molecule has 2 nitrogen and oxygen atoms in total.